The molecule has 0 radical (unpaired) electrons. The SMILES string of the molecule is Cl.NC1CCC(NC(=O)CCc2ccc(S(=O)(=O)N3CCCC3)cc2)CC1. The normalized spacial score (nSPS) is 23.6. The van der Waals surface area contributed by atoms with Crippen molar-refractivity contribution in [3.63, 3.8) is 0 Å². The van der Waals surface area contributed by atoms with Gasteiger partial charge in [-0.15, -0.1) is 12.4 Å². The van der Waals surface area contributed by atoms with Gasteiger partial charge >= 0.3 is 0 Å². The highest BCUT2D eigenvalue weighted by Crippen LogP contribution is 2.21. The van der Waals surface area contributed by atoms with Gasteiger partial charge < -0.3 is 11.1 Å². The quantitative estimate of drug-likeness (QED) is 0.744. The smallest absolute Gasteiger partial charge is 0.243 e. The number of sulfonamides is 1. The van der Waals surface area contributed by atoms with E-state index >= 15 is 0 Å². The van der Waals surface area contributed by atoms with Crippen LogP contribution in [-0.2, 0) is 21.2 Å². The van der Waals surface area contributed by atoms with E-state index in [1.54, 1.807) is 16.4 Å². The first-order valence-electron chi connectivity index (χ1n) is 9.59. The van der Waals surface area contributed by atoms with E-state index in [-0.39, 0.29) is 30.4 Å². The van der Waals surface area contributed by atoms with E-state index in [1.165, 1.54) is 0 Å². The number of hydrogen-bond donors (Lipinski definition) is 2. The Morgan fingerprint density at radius 3 is 2.26 bits per heavy atom. The van der Waals surface area contributed by atoms with Crippen molar-refractivity contribution in [3.8, 4) is 0 Å². The average Bonchev–Trinajstić information content (AvgIpc) is 3.18. The molecule has 3 N–H and O–H groups in total. The molecule has 8 heteroatoms. The van der Waals surface area contributed by atoms with Gasteiger partial charge in [-0.3, -0.25) is 4.79 Å². The summed E-state index contributed by atoms with van der Waals surface area (Å²) >= 11 is 0. The number of carbonyl (C=O) groups is 1. The first kappa shape index (κ1) is 22.1. The van der Waals surface area contributed by atoms with Crippen molar-refractivity contribution in [1.29, 1.82) is 0 Å². The second kappa shape index (κ2) is 9.87. The fourth-order valence-corrected chi connectivity index (χ4v) is 5.24. The summed E-state index contributed by atoms with van der Waals surface area (Å²) in [5.41, 5.74) is 6.86. The summed E-state index contributed by atoms with van der Waals surface area (Å²) in [5, 5.41) is 3.09. The van der Waals surface area contributed by atoms with Crippen LogP contribution >= 0.6 is 12.4 Å². The van der Waals surface area contributed by atoms with E-state index in [0.29, 0.717) is 30.8 Å². The molecule has 0 bridgehead atoms. The third kappa shape index (κ3) is 5.91. The summed E-state index contributed by atoms with van der Waals surface area (Å²) in [7, 11) is -3.37. The van der Waals surface area contributed by atoms with Gasteiger partial charge in [0.2, 0.25) is 15.9 Å². The van der Waals surface area contributed by atoms with Crippen molar-refractivity contribution in [2.24, 2.45) is 5.73 Å². The topological polar surface area (TPSA) is 92.5 Å². The zero-order chi connectivity index (χ0) is 18.6. The Labute approximate surface area is 168 Å². The van der Waals surface area contributed by atoms with Crippen LogP contribution in [0.1, 0.15) is 50.5 Å². The number of benzene rings is 1. The predicted octanol–water partition coefficient (Wildman–Crippen LogP) is 2.21. The highest BCUT2D eigenvalue weighted by Gasteiger charge is 2.27. The molecule has 1 aromatic rings. The van der Waals surface area contributed by atoms with E-state index in [4.69, 9.17) is 5.73 Å². The van der Waals surface area contributed by atoms with Crippen molar-refractivity contribution >= 4 is 28.3 Å². The molecule has 1 aliphatic carbocycles. The van der Waals surface area contributed by atoms with Crippen LogP contribution in [0.15, 0.2) is 29.2 Å². The van der Waals surface area contributed by atoms with E-state index in [0.717, 1.165) is 44.1 Å². The van der Waals surface area contributed by atoms with Crippen LogP contribution in [0.25, 0.3) is 0 Å². The zero-order valence-corrected chi connectivity index (χ0v) is 17.2. The number of rotatable bonds is 6. The molecule has 1 saturated heterocycles. The maximum absolute atomic E-state index is 12.5. The molecule has 2 aliphatic rings. The van der Waals surface area contributed by atoms with Gasteiger partial charge in [-0.1, -0.05) is 12.1 Å². The van der Waals surface area contributed by atoms with Crippen LogP contribution in [0.5, 0.6) is 0 Å². The van der Waals surface area contributed by atoms with Crippen LogP contribution in [0.4, 0.5) is 0 Å². The fourth-order valence-electron chi connectivity index (χ4n) is 3.73. The predicted molar refractivity (Wildman–Crippen MR) is 108 cm³/mol. The Bertz CT molecular complexity index is 710. The van der Waals surface area contributed by atoms with Crippen molar-refractivity contribution in [2.45, 2.75) is 68.3 Å². The van der Waals surface area contributed by atoms with Gasteiger partial charge in [0.25, 0.3) is 0 Å². The summed E-state index contributed by atoms with van der Waals surface area (Å²) in [5.74, 6) is 0.0548. The molecule has 0 unspecified atom stereocenters. The van der Waals surface area contributed by atoms with Gasteiger partial charge in [0.05, 0.1) is 4.90 Å². The minimum atomic E-state index is -3.37. The summed E-state index contributed by atoms with van der Waals surface area (Å²) < 4.78 is 26.6. The minimum Gasteiger partial charge on any atom is -0.353 e. The molecule has 0 spiro atoms. The van der Waals surface area contributed by atoms with Crippen LogP contribution in [0.2, 0.25) is 0 Å². The zero-order valence-electron chi connectivity index (χ0n) is 15.6. The van der Waals surface area contributed by atoms with Crippen LogP contribution in [0, 0.1) is 0 Å². The lowest BCUT2D eigenvalue weighted by Crippen LogP contribution is -2.40. The molecule has 0 aromatic heterocycles. The van der Waals surface area contributed by atoms with Gasteiger partial charge in [0.15, 0.2) is 0 Å². The number of nitrogens with two attached hydrogens (primary N) is 1. The van der Waals surface area contributed by atoms with E-state index < -0.39 is 10.0 Å². The molecule has 1 heterocycles. The molecule has 152 valence electrons. The van der Waals surface area contributed by atoms with Gasteiger partial charge in [0.1, 0.15) is 0 Å². The van der Waals surface area contributed by atoms with Crippen molar-refractivity contribution < 1.29 is 13.2 Å². The van der Waals surface area contributed by atoms with E-state index in [2.05, 4.69) is 5.32 Å². The van der Waals surface area contributed by atoms with Crippen LogP contribution in [-0.4, -0.2) is 43.8 Å². The Morgan fingerprint density at radius 1 is 1.07 bits per heavy atom. The van der Waals surface area contributed by atoms with Gasteiger partial charge in [-0.2, -0.15) is 4.31 Å². The van der Waals surface area contributed by atoms with Crippen LogP contribution < -0.4 is 11.1 Å². The summed E-state index contributed by atoms with van der Waals surface area (Å²) in [6, 6.07) is 7.47. The molecule has 2 fully saturated rings. The molecular weight excluding hydrogens is 386 g/mol. The Kier molecular flexibility index (Phi) is 8.09. The summed E-state index contributed by atoms with van der Waals surface area (Å²) in [4.78, 5) is 12.5. The van der Waals surface area contributed by atoms with E-state index in [1.807, 2.05) is 12.1 Å². The number of aryl methyl sites for hydroxylation is 1. The number of amides is 1. The van der Waals surface area contributed by atoms with Gasteiger partial charge in [0, 0.05) is 31.6 Å². The fraction of sp³-hybridized carbons (Fsp3) is 0.632. The van der Waals surface area contributed by atoms with E-state index in [9.17, 15) is 13.2 Å². The first-order chi connectivity index (χ1) is 12.4. The maximum Gasteiger partial charge on any atom is 0.243 e. The van der Waals surface area contributed by atoms with Crippen molar-refractivity contribution in [2.75, 3.05) is 13.1 Å². The molecule has 1 saturated carbocycles. The van der Waals surface area contributed by atoms with Crippen molar-refractivity contribution in [1.82, 2.24) is 9.62 Å². The number of hydrogen-bond acceptors (Lipinski definition) is 4. The van der Waals surface area contributed by atoms with Gasteiger partial charge in [-0.05, 0) is 62.6 Å². The molecule has 0 atom stereocenters. The number of halogens is 1. The Morgan fingerprint density at radius 2 is 1.67 bits per heavy atom. The lowest BCUT2D eigenvalue weighted by Gasteiger charge is -2.26. The maximum atomic E-state index is 12.5. The van der Waals surface area contributed by atoms with Crippen molar-refractivity contribution in [3.05, 3.63) is 29.8 Å². The minimum absolute atomic E-state index is 0. The molecule has 27 heavy (non-hydrogen) atoms. The Hall–Kier alpha value is -1.15. The monoisotopic (exact) mass is 415 g/mol. The molecule has 1 amide bonds. The largest absolute Gasteiger partial charge is 0.353 e. The van der Waals surface area contributed by atoms with Crippen LogP contribution in [0.3, 0.4) is 0 Å². The van der Waals surface area contributed by atoms with Gasteiger partial charge in [-0.25, -0.2) is 8.42 Å². The number of nitrogens with zero attached hydrogens (tertiary/aromatic N) is 1. The Balaban J connectivity index is 0.00000261. The molecule has 6 nitrogen and oxygen atoms in total. The third-order valence-corrected chi connectivity index (χ3v) is 7.32. The molecule has 1 aromatic carbocycles. The molecular formula is C19H30ClN3O3S. The third-order valence-electron chi connectivity index (χ3n) is 5.40. The highest BCUT2D eigenvalue weighted by atomic mass is 35.5. The number of carbonyl (C=O) groups excluding carboxylic acids is 1. The first-order valence-corrected chi connectivity index (χ1v) is 11.0. The summed E-state index contributed by atoms with van der Waals surface area (Å²) in [6.07, 6.45) is 6.74. The standard InChI is InChI=1S/C19H29N3O3S.ClH/c20-16-6-8-17(9-7-16)21-19(23)12-5-15-3-10-18(11-4-15)26(24,25)22-13-1-2-14-22;/h3-4,10-11,16-17H,1-2,5-9,12-14,20H2,(H,21,23);1H. The lowest BCUT2D eigenvalue weighted by atomic mass is 9.92. The average molecular weight is 416 g/mol. The second-order valence-electron chi connectivity index (χ2n) is 7.43. The molecule has 3 rings (SSSR count). The number of nitrogens with one attached hydrogen (secondary N) is 1. The lowest BCUT2D eigenvalue weighted by molar-refractivity contribution is -0.122. The summed E-state index contributed by atoms with van der Waals surface area (Å²) in [6.45, 7) is 1.21. The second-order valence-corrected chi connectivity index (χ2v) is 9.37. The highest BCUT2D eigenvalue weighted by molar-refractivity contribution is 7.89. The molecule has 1 aliphatic heterocycles.